The summed E-state index contributed by atoms with van der Waals surface area (Å²) in [7, 11) is 0. The summed E-state index contributed by atoms with van der Waals surface area (Å²) in [5, 5.41) is 0. The fourth-order valence-corrected chi connectivity index (χ4v) is 3.37. The van der Waals surface area contributed by atoms with Crippen LogP contribution in [0.5, 0.6) is 0 Å². The molecule has 122 valence electrons. The van der Waals surface area contributed by atoms with Crippen LogP contribution in [0.25, 0.3) is 0 Å². The molecule has 1 aliphatic rings. The molecule has 1 saturated carbocycles. The summed E-state index contributed by atoms with van der Waals surface area (Å²) in [6.45, 7) is 11.0. The number of nitrogens with two attached hydrogens (primary N) is 2. The van der Waals surface area contributed by atoms with Gasteiger partial charge < -0.3 is 16.4 Å². The molecule has 0 aromatic heterocycles. The summed E-state index contributed by atoms with van der Waals surface area (Å²) < 4.78 is 0. The van der Waals surface area contributed by atoms with Crippen molar-refractivity contribution in [1.29, 1.82) is 0 Å². The molecule has 1 fully saturated rings. The molecule has 0 heterocycles. The third kappa shape index (κ3) is 4.19. The minimum Gasteiger partial charge on any atom is -0.368 e. The molecule has 0 radical (unpaired) electrons. The van der Waals surface area contributed by atoms with Crippen molar-refractivity contribution in [3.8, 4) is 0 Å². The first kappa shape index (κ1) is 18.0. The van der Waals surface area contributed by atoms with E-state index in [1.54, 1.807) is 4.90 Å². The Morgan fingerprint density at radius 2 is 1.86 bits per heavy atom. The van der Waals surface area contributed by atoms with E-state index in [4.69, 9.17) is 11.5 Å². The van der Waals surface area contributed by atoms with E-state index in [2.05, 4.69) is 20.8 Å². The Morgan fingerprint density at radius 1 is 1.29 bits per heavy atom. The van der Waals surface area contributed by atoms with Crippen molar-refractivity contribution < 1.29 is 9.59 Å². The first-order chi connectivity index (χ1) is 9.57. The predicted octanol–water partition coefficient (Wildman–Crippen LogP) is 1.36. The molecule has 0 bridgehead atoms. The molecule has 0 aromatic rings. The second kappa shape index (κ2) is 6.77. The van der Waals surface area contributed by atoms with Gasteiger partial charge in [0, 0.05) is 18.5 Å². The van der Waals surface area contributed by atoms with E-state index in [9.17, 15) is 9.59 Å². The molecule has 3 unspecified atom stereocenters. The average Bonchev–Trinajstić information content (AvgIpc) is 2.33. The van der Waals surface area contributed by atoms with Crippen LogP contribution in [0.2, 0.25) is 0 Å². The van der Waals surface area contributed by atoms with Crippen molar-refractivity contribution in [3.63, 3.8) is 0 Å². The Morgan fingerprint density at radius 3 is 2.33 bits per heavy atom. The molecular weight excluding hydrogens is 266 g/mol. The first-order valence-electron chi connectivity index (χ1n) is 7.90. The summed E-state index contributed by atoms with van der Waals surface area (Å²) in [5.74, 6) is 0.0772. The van der Waals surface area contributed by atoms with Gasteiger partial charge in [-0.15, -0.1) is 0 Å². The third-order valence-corrected chi connectivity index (χ3v) is 5.04. The number of nitrogens with zero attached hydrogens (tertiary/aromatic N) is 1. The lowest BCUT2D eigenvalue weighted by atomic mass is 9.60. The fourth-order valence-electron chi connectivity index (χ4n) is 3.37. The summed E-state index contributed by atoms with van der Waals surface area (Å²) in [4.78, 5) is 25.8. The van der Waals surface area contributed by atoms with Crippen LogP contribution in [0.3, 0.4) is 0 Å². The topological polar surface area (TPSA) is 89.4 Å². The Balaban J connectivity index is 2.94. The van der Waals surface area contributed by atoms with Crippen molar-refractivity contribution in [1.82, 2.24) is 4.90 Å². The molecule has 0 spiro atoms. The summed E-state index contributed by atoms with van der Waals surface area (Å²) in [6, 6.07) is 0.138. The number of amides is 2. The summed E-state index contributed by atoms with van der Waals surface area (Å²) in [6.07, 6.45) is 1.64. The quantitative estimate of drug-likeness (QED) is 0.803. The Kier molecular flexibility index (Phi) is 5.79. The standard InChI is InChI=1S/C16H31N3O2/c1-10(2)8-19(9-14(18)20)15(21)12-6-7-13(17)11(3)16(12,4)5/h10-13H,6-9,17H2,1-5H3,(H2,18,20). The van der Waals surface area contributed by atoms with E-state index in [1.807, 2.05) is 13.8 Å². The van der Waals surface area contributed by atoms with Crippen LogP contribution < -0.4 is 11.5 Å². The lowest BCUT2D eigenvalue weighted by molar-refractivity contribution is -0.146. The highest BCUT2D eigenvalue weighted by Crippen LogP contribution is 2.45. The summed E-state index contributed by atoms with van der Waals surface area (Å²) in [5.41, 5.74) is 11.3. The lowest BCUT2D eigenvalue weighted by Gasteiger charge is -2.47. The van der Waals surface area contributed by atoms with Crippen LogP contribution in [0.15, 0.2) is 0 Å². The highest BCUT2D eigenvalue weighted by Gasteiger charge is 2.46. The molecule has 3 atom stereocenters. The first-order valence-corrected chi connectivity index (χ1v) is 7.90. The molecule has 1 aliphatic carbocycles. The lowest BCUT2D eigenvalue weighted by Crippen LogP contribution is -2.53. The van der Waals surface area contributed by atoms with Gasteiger partial charge in [-0.05, 0) is 30.1 Å². The SMILES string of the molecule is CC(C)CN(CC(N)=O)C(=O)C1CCC(N)C(C)C1(C)C. The number of carbonyl (C=O) groups is 2. The van der Waals surface area contributed by atoms with E-state index >= 15 is 0 Å². The zero-order chi connectivity index (χ0) is 16.4. The minimum atomic E-state index is -0.456. The number of carbonyl (C=O) groups excluding carboxylic acids is 2. The van der Waals surface area contributed by atoms with Gasteiger partial charge in [0.05, 0.1) is 6.54 Å². The van der Waals surface area contributed by atoms with Crippen molar-refractivity contribution in [2.24, 2.45) is 34.6 Å². The highest BCUT2D eigenvalue weighted by atomic mass is 16.2. The van der Waals surface area contributed by atoms with Crippen molar-refractivity contribution >= 4 is 11.8 Å². The number of primary amides is 1. The van der Waals surface area contributed by atoms with E-state index < -0.39 is 5.91 Å². The maximum Gasteiger partial charge on any atom is 0.237 e. The molecule has 1 rings (SSSR count). The Bertz CT molecular complexity index is 393. The minimum absolute atomic E-state index is 0.00400. The largest absolute Gasteiger partial charge is 0.368 e. The smallest absolute Gasteiger partial charge is 0.237 e. The van der Waals surface area contributed by atoms with Crippen LogP contribution in [-0.2, 0) is 9.59 Å². The number of rotatable bonds is 5. The van der Waals surface area contributed by atoms with Gasteiger partial charge in [-0.1, -0.05) is 34.6 Å². The van der Waals surface area contributed by atoms with Gasteiger partial charge in [-0.3, -0.25) is 9.59 Å². The van der Waals surface area contributed by atoms with E-state index in [1.165, 1.54) is 0 Å². The van der Waals surface area contributed by atoms with Gasteiger partial charge in [0.15, 0.2) is 0 Å². The van der Waals surface area contributed by atoms with E-state index in [0.717, 1.165) is 12.8 Å². The van der Waals surface area contributed by atoms with Crippen molar-refractivity contribution in [3.05, 3.63) is 0 Å². The molecule has 5 heteroatoms. The highest BCUT2D eigenvalue weighted by molar-refractivity contribution is 5.85. The van der Waals surface area contributed by atoms with Crippen molar-refractivity contribution in [2.45, 2.75) is 53.5 Å². The second-order valence-corrected chi connectivity index (χ2v) is 7.48. The monoisotopic (exact) mass is 297 g/mol. The van der Waals surface area contributed by atoms with Crippen LogP contribution in [0, 0.1) is 23.2 Å². The number of hydrogen-bond acceptors (Lipinski definition) is 3. The van der Waals surface area contributed by atoms with Crippen molar-refractivity contribution in [2.75, 3.05) is 13.1 Å². The van der Waals surface area contributed by atoms with Gasteiger partial charge in [0.2, 0.25) is 11.8 Å². The van der Waals surface area contributed by atoms with Gasteiger partial charge in [0.25, 0.3) is 0 Å². The Hall–Kier alpha value is -1.10. The van der Waals surface area contributed by atoms with E-state index in [0.29, 0.717) is 12.5 Å². The van der Waals surface area contributed by atoms with Crippen LogP contribution in [-0.4, -0.2) is 35.8 Å². The molecule has 4 N–H and O–H groups in total. The average molecular weight is 297 g/mol. The van der Waals surface area contributed by atoms with E-state index in [-0.39, 0.29) is 35.7 Å². The summed E-state index contributed by atoms with van der Waals surface area (Å²) >= 11 is 0. The predicted molar refractivity (Wildman–Crippen MR) is 84.3 cm³/mol. The molecule has 5 nitrogen and oxygen atoms in total. The van der Waals surface area contributed by atoms with Crippen LogP contribution in [0.4, 0.5) is 0 Å². The molecule has 0 saturated heterocycles. The fraction of sp³-hybridized carbons (Fsp3) is 0.875. The van der Waals surface area contributed by atoms with Gasteiger partial charge in [0.1, 0.15) is 0 Å². The third-order valence-electron chi connectivity index (χ3n) is 5.04. The van der Waals surface area contributed by atoms with Crippen LogP contribution >= 0.6 is 0 Å². The zero-order valence-electron chi connectivity index (χ0n) is 14.1. The molecule has 0 aromatic carbocycles. The maximum atomic E-state index is 12.9. The maximum absolute atomic E-state index is 12.9. The van der Waals surface area contributed by atoms with Gasteiger partial charge >= 0.3 is 0 Å². The zero-order valence-corrected chi connectivity index (χ0v) is 14.1. The molecule has 21 heavy (non-hydrogen) atoms. The molecule has 0 aliphatic heterocycles. The van der Waals surface area contributed by atoms with Gasteiger partial charge in [-0.2, -0.15) is 0 Å². The molecular formula is C16H31N3O2. The van der Waals surface area contributed by atoms with Crippen LogP contribution in [0.1, 0.15) is 47.5 Å². The molecule has 2 amide bonds. The Labute approximate surface area is 128 Å². The van der Waals surface area contributed by atoms with Gasteiger partial charge in [-0.25, -0.2) is 0 Å². The normalized spacial score (nSPS) is 28.4. The number of hydrogen-bond donors (Lipinski definition) is 2. The second-order valence-electron chi connectivity index (χ2n) is 7.48.